The second kappa shape index (κ2) is 10.8. The maximum atomic E-state index is 11.8. The summed E-state index contributed by atoms with van der Waals surface area (Å²) >= 11 is 1.65. The van der Waals surface area contributed by atoms with E-state index in [1.807, 2.05) is 37.8 Å². The van der Waals surface area contributed by atoms with Crippen LogP contribution >= 0.6 is 11.8 Å². The van der Waals surface area contributed by atoms with Gasteiger partial charge in [0.2, 0.25) is 0 Å². The summed E-state index contributed by atoms with van der Waals surface area (Å²) in [5, 5.41) is 10.6. The van der Waals surface area contributed by atoms with E-state index in [1.165, 1.54) is 24.9 Å². The number of thioether (sulfide) groups is 1. The Balaban J connectivity index is 1.70. The highest BCUT2D eigenvalue weighted by atomic mass is 32.2. The Hall–Kier alpha value is -1.67. The third-order valence-electron chi connectivity index (χ3n) is 4.44. The largest absolute Gasteiger partial charge is 0.444 e. The lowest BCUT2D eigenvalue weighted by molar-refractivity contribution is 0.0533. The maximum absolute atomic E-state index is 11.8. The number of hydrogen-bond donors (Lipinski definition) is 2. The van der Waals surface area contributed by atoms with Gasteiger partial charge in [-0.1, -0.05) is 25.6 Å². The molecule has 2 N–H and O–H groups in total. The Labute approximate surface area is 173 Å². The van der Waals surface area contributed by atoms with Gasteiger partial charge in [0.15, 0.2) is 5.50 Å². The second-order valence-electron chi connectivity index (χ2n) is 7.92. The van der Waals surface area contributed by atoms with Crippen LogP contribution in [0.1, 0.15) is 58.5 Å². The number of carbonyl (C=O) groups excluding carboxylic acids is 1. The average molecular weight is 410 g/mol. The predicted molar refractivity (Wildman–Crippen MR) is 115 cm³/mol. The molecule has 0 bridgehead atoms. The maximum Gasteiger partial charge on any atom is 0.407 e. The van der Waals surface area contributed by atoms with Crippen molar-refractivity contribution in [3.8, 4) is 0 Å². The minimum absolute atomic E-state index is 0.0276. The van der Waals surface area contributed by atoms with Crippen LogP contribution in [0.3, 0.4) is 0 Å². The number of aromatic nitrogens is 2. The first kappa shape index (κ1) is 22.6. The molecule has 0 aromatic carbocycles. The molecule has 0 aliphatic carbocycles. The van der Waals surface area contributed by atoms with Gasteiger partial charge in [0.25, 0.3) is 0 Å². The molecular weight excluding hydrogens is 374 g/mol. The summed E-state index contributed by atoms with van der Waals surface area (Å²) in [7, 11) is 0. The van der Waals surface area contributed by atoms with E-state index in [1.54, 1.807) is 11.8 Å². The Kier molecular flexibility index (Phi) is 8.69. The molecule has 1 aliphatic rings. The van der Waals surface area contributed by atoms with Crippen LogP contribution in [0.25, 0.3) is 0 Å². The zero-order chi connectivity index (χ0) is 20.6. The van der Waals surface area contributed by atoms with Gasteiger partial charge in [0.05, 0.1) is 12.7 Å². The number of aryl methyl sites for hydroxylation is 1. The van der Waals surface area contributed by atoms with Gasteiger partial charge in [-0.2, -0.15) is 5.10 Å². The van der Waals surface area contributed by atoms with Crippen molar-refractivity contribution in [3.05, 3.63) is 29.1 Å². The number of rotatable bonds is 10. The second-order valence-corrected chi connectivity index (χ2v) is 9.12. The number of ether oxygens (including phenoxy) is 1. The molecular formula is C20H35N5O2S. The quantitative estimate of drug-likeness (QED) is 0.574. The molecule has 1 aromatic rings. The van der Waals surface area contributed by atoms with Gasteiger partial charge in [-0.25, -0.2) is 9.48 Å². The molecule has 7 nitrogen and oxygen atoms in total. The summed E-state index contributed by atoms with van der Waals surface area (Å²) in [5.74, 6) is 0. The highest BCUT2D eigenvalue weighted by Gasteiger charge is 2.21. The Morgan fingerprint density at radius 1 is 1.36 bits per heavy atom. The zero-order valence-corrected chi connectivity index (χ0v) is 18.6. The number of carbonyl (C=O) groups is 1. The van der Waals surface area contributed by atoms with Crippen LogP contribution < -0.4 is 10.6 Å². The first-order valence-electron chi connectivity index (χ1n) is 10.1. The van der Waals surface area contributed by atoms with E-state index >= 15 is 0 Å². The number of amides is 1. The SMILES string of the molecule is CCN(CC)CCCCc1cnn(C2NC=C(CNC(=O)OC(C)(C)C)S2)c1. The number of nitrogens with zero attached hydrogens (tertiary/aromatic N) is 3. The highest BCUT2D eigenvalue weighted by Crippen LogP contribution is 2.32. The van der Waals surface area contributed by atoms with Crippen molar-refractivity contribution in [1.29, 1.82) is 0 Å². The van der Waals surface area contributed by atoms with Gasteiger partial charge in [-0.15, -0.1) is 0 Å². The Morgan fingerprint density at radius 2 is 2.11 bits per heavy atom. The Morgan fingerprint density at radius 3 is 2.79 bits per heavy atom. The standard InChI is InChI=1S/C20H35N5O2S/c1-6-24(7-2)11-9-8-10-16-12-23-25(15-16)18-21-13-17(28-18)14-22-19(26)27-20(3,4)5/h12-13,15,18,21H,6-11,14H2,1-5H3,(H,22,26). The van der Waals surface area contributed by atoms with E-state index in [-0.39, 0.29) is 5.50 Å². The third kappa shape index (κ3) is 7.75. The molecule has 28 heavy (non-hydrogen) atoms. The fourth-order valence-electron chi connectivity index (χ4n) is 2.91. The summed E-state index contributed by atoms with van der Waals surface area (Å²) in [5.41, 5.74) is 0.806. The number of unbranched alkanes of at least 4 members (excludes halogenated alkanes) is 1. The van der Waals surface area contributed by atoms with Crippen LogP contribution in [-0.4, -0.2) is 52.6 Å². The molecule has 0 fully saturated rings. The summed E-state index contributed by atoms with van der Waals surface area (Å²) in [6.07, 6.45) is 9.04. The topological polar surface area (TPSA) is 71.4 Å². The van der Waals surface area contributed by atoms with Crippen LogP contribution in [0.5, 0.6) is 0 Å². The lowest BCUT2D eigenvalue weighted by Crippen LogP contribution is -2.33. The molecule has 0 saturated carbocycles. The van der Waals surface area contributed by atoms with Crippen LogP contribution in [0.15, 0.2) is 23.5 Å². The molecule has 2 heterocycles. The lowest BCUT2D eigenvalue weighted by atomic mass is 10.1. The molecule has 0 spiro atoms. The number of alkyl carbamates (subject to hydrolysis) is 1. The molecule has 1 aliphatic heterocycles. The van der Waals surface area contributed by atoms with Gasteiger partial charge in [0.1, 0.15) is 5.60 Å². The van der Waals surface area contributed by atoms with E-state index in [2.05, 4.69) is 40.7 Å². The van der Waals surface area contributed by atoms with E-state index in [0.717, 1.165) is 24.4 Å². The van der Waals surface area contributed by atoms with Crippen LogP contribution in [0, 0.1) is 0 Å². The van der Waals surface area contributed by atoms with Gasteiger partial charge in [-0.3, -0.25) is 0 Å². The van der Waals surface area contributed by atoms with E-state index in [0.29, 0.717) is 6.54 Å². The van der Waals surface area contributed by atoms with Gasteiger partial charge >= 0.3 is 6.09 Å². The normalized spacial score (nSPS) is 16.8. The molecule has 158 valence electrons. The number of nitrogens with one attached hydrogen (secondary N) is 2. The van der Waals surface area contributed by atoms with Crippen molar-refractivity contribution in [1.82, 2.24) is 25.3 Å². The van der Waals surface area contributed by atoms with E-state index in [4.69, 9.17) is 4.74 Å². The monoisotopic (exact) mass is 409 g/mol. The highest BCUT2D eigenvalue weighted by molar-refractivity contribution is 8.03. The molecule has 0 saturated heterocycles. The first-order chi connectivity index (χ1) is 13.3. The molecule has 0 radical (unpaired) electrons. The first-order valence-corrected chi connectivity index (χ1v) is 11.0. The molecule has 8 heteroatoms. The smallest absolute Gasteiger partial charge is 0.407 e. The third-order valence-corrected chi connectivity index (χ3v) is 5.58. The fourth-order valence-corrected chi connectivity index (χ4v) is 3.85. The van der Waals surface area contributed by atoms with Crippen molar-refractivity contribution in [3.63, 3.8) is 0 Å². The van der Waals surface area contributed by atoms with Crippen molar-refractivity contribution in [2.75, 3.05) is 26.2 Å². The molecule has 1 aromatic heterocycles. The summed E-state index contributed by atoms with van der Waals surface area (Å²) in [4.78, 5) is 15.3. The predicted octanol–water partition coefficient (Wildman–Crippen LogP) is 3.71. The van der Waals surface area contributed by atoms with Gasteiger partial charge in [0, 0.05) is 17.3 Å². The number of hydrogen-bond acceptors (Lipinski definition) is 6. The summed E-state index contributed by atoms with van der Waals surface area (Å²) in [6, 6.07) is 0. The summed E-state index contributed by atoms with van der Waals surface area (Å²) in [6.45, 7) is 13.8. The van der Waals surface area contributed by atoms with Crippen molar-refractivity contribution >= 4 is 17.9 Å². The van der Waals surface area contributed by atoms with E-state index < -0.39 is 11.7 Å². The molecule has 1 atom stereocenters. The van der Waals surface area contributed by atoms with Crippen LogP contribution in [-0.2, 0) is 11.2 Å². The fraction of sp³-hybridized carbons (Fsp3) is 0.700. The minimum atomic E-state index is -0.487. The molecule has 2 rings (SSSR count). The van der Waals surface area contributed by atoms with Crippen molar-refractivity contribution in [2.24, 2.45) is 0 Å². The zero-order valence-electron chi connectivity index (χ0n) is 17.8. The van der Waals surface area contributed by atoms with E-state index in [9.17, 15) is 4.79 Å². The lowest BCUT2D eigenvalue weighted by Gasteiger charge is -2.19. The van der Waals surface area contributed by atoms with Crippen LogP contribution in [0.2, 0.25) is 0 Å². The average Bonchev–Trinajstić information content (AvgIpc) is 3.28. The van der Waals surface area contributed by atoms with Crippen LogP contribution in [0.4, 0.5) is 4.79 Å². The van der Waals surface area contributed by atoms with Gasteiger partial charge in [-0.05, 0) is 65.2 Å². The Bertz CT molecular complexity index is 649. The van der Waals surface area contributed by atoms with Gasteiger partial charge < -0.3 is 20.3 Å². The van der Waals surface area contributed by atoms with Crippen molar-refractivity contribution in [2.45, 2.75) is 65.0 Å². The molecule has 1 unspecified atom stereocenters. The molecule has 1 amide bonds. The minimum Gasteiger partial charge on any atom is -0.444 e. The summed E-state index contributed by atoms with van der Waals surface area (Å²) < 4.78 is 7.21. The van der Waals surface area contributed by atoms with Crippen molar-refractivity contribution < 1.29 is 9.53 Å².